The third kappa shape index (κ3) is 2.84. The van der Waals surface area contributed by atoms with Crippen LogP contribution in [0.4, 0.5) is 4.79 Å². The summed E-state index contributed by atoms with van der Waals surface area (Å²) >= 11 is 0. The van der Waals surface area contributed by atoms with E-state index >= 15 is 0 Å². The van der Waals surface area contributed by atoms with Gasteiger partial charge in [-0.05, 0) is 46.5 Å². The Labute approximate surface area is 124 Å². The number of ether oxygens (including phenoxy) is 1. The molecule has 1 amide bonds. The lowest BCUT2D eigenvalue weighted by atomic mass is 9.98. The van der Waals surface area contributed by atoms with Gasteiger partial charge in [-0.25, -0.2) is 4.79 Å². The smallest absolute Gasteiger partial charge is 0.410 e. The normalized spacial score (nSPS) is 28.7. The van der Waals surface area contributed by atoms with Gasteiger partial charge in [-0.15, -0.1) is 0 Å². The maximum Gasteiger partial charge on any atom is 0.410 e. The van der Waals surface area contributed by atoms with Crippen LogP contribution < -0.4 is 0 Å². The summed E-state index contributed by atoms with van der Waals surface area (Å²) in [5.74, 6) is 0.192. The summed E-state index contributed by atoms with van der Waals surface area (Å²) in [7, 11) is 0. The number of aromatic hydroxyl groups is 1. The summed E-state index contributed by atoms with van der Waals surface area (Å²) < 4.78 is 7.35. The lowest BCUT2D eigenvalue weighted by molar-refractivity contribution is 0.00230. The molecule has 2 aliphatic heterocycles. The minimum atomic E-state index is -0.457. The minimum absolute atomic E-state index is 0.192. The predicted octanol–water partition coefficient (Wildman–Crippen LogP) is 2.69. The SMILES string of the molecule is CC(C)(C)OC(=O)N1[C@@H]2CC[C@H]1C[C@H](n1cc(O)cn1)C2. The van der Waals surface area contributed by atoms with Gasteiger partial charge in [0.1, 0.15) is 5.60 Å². The first-order valence-electron chi connectivity index (χ1n) is 7.58. The topological polar surface area (TPSA) is 67.6 Å². The molecule has 21 heavy (non-hydrogen) atoms. The Morgan fingerprint density at radius 2 is 1.90 bits per heavy atom. The highest BCUT2D eigenvalue weighted by Gasteiger charge is 2.45. The molecule has 0 saturated carbocycles. The van der Waals surface area contributed by atoms with Gasteiger partial charge in [-0.2, -0.15) is 5.10 Å². The number of hydrogen-bond acceptors (Lipinski definition) is 4. The second-order valence-corrected chi connectivity index (χ2v) is 7.08. The van der Waals surface area contributed by atoms with Crippen molar-refractivity contribution in [2.24, 2.45) is 0 Å². The van der Waals surface area contributed by atoms with Crippen LogP contribution in [-0.2, 0) is 4.74 Å². The van der Waals surface area contributed by atoms with Crippen molar-refractivity contribution in [3.8, 4) is 5.75 Å². The highest BCUT2D eigenvalue weighted by molar-refractivity contribution is 5.69. The summed E-state index contributed by atoms with van der Waals surface area (Å²) in [5.41, 5.74) is -0.457. The van der Waals surface area contributed by atoms with Crippen LogP contribution in [0.1, 0.15) is 52.5 Å². The van der Waals surface area contributed by atoms with E-state index in [9.17, 15) is 9.90 Å². The van der Waals surface area contributed by atoms with E-state index in [0.29, 0.717) is 0 Å². The highest BCUT2D eigenvalue weighted by Crippen LogP contribution is 2.41. The molecular weight excluding hydrogens is 270 g/mol. The van der Waals surface area contributed by atoms with Gasteiger partial charge in [0.2, 0.25) is 0 Å². The van der Waals surface area contributed by atoms with Gasteiger partial charge in [0.25, 0.3) is 0 Å². The Hall–Kier alpha value is -1.72. The molecule has 2 aliphatic rings. The van der Waals surface area contributed by atoms with E-state index in [4.69, 9.17) is 4.74 Å². The Morgan fingerprint density at radius 1 is 1.29 bits per heavy atom. The Kier molecular flexibility index (Phi) is 3.34. The third-order valence-corrected chi connectivity index (χ3v) is 4.27. The van der Waals surface area contributed by atoms with Crippen molar-refractivity contribution in [1.29, 1.82) is 0 Å². The molecule has 0 radical (unpaired) electrons. The van der Waals surface area contributed by atoms with Crippen molar-refractivity contribution in [1.82, 2.24) is 14.7 Å². The molecule has 0 spiro atoms. The van der Waals surface area contributed by atoms with Crippen LogP contribution >= 0.6 is 0 Å². The second-order valence-electron chi connectivity index (χ2n) is 7.08. The van der Waals surface area contributed by atoms with Crippen molar-refractivity contribution >= 4 is 6.09 Å². The minimum Gasteiger partial charge on any atom is -0.505 e. The van der Waals surface area contributed by atoms with Crippen molar-refractivity contribution in [3.05, 3.63) is 12.4 Å². The molecular formula is C15H23N3O3. The van der Waals surface area contributed by atoms with E-state index in [1.807, 2.05) is 30.4 Å². The van der Waals surface area contributed by atoms with Crippen LogP contribution in [0.25, 0.3) is 0 Å². The Bertz CT molecular complexity index is 521. The monoisotopic (exact) mass is 293 g/mol. The number of rotatable bonds is 1. The van der Waals surface area contributed by atoms with Crippen LogP contribution in [-0.4, -0.2) is 43.6 Å². The molecule has 6 heteroatoms. The molecule has 3 atom stereocenters. The van der Waals surface area contributed by atoms with Crippen LogP contribution in [0.15, 0.2) is 12.4 Å². The lowest BCUT2D eigenvalue weighted by Crippen LogP contribution is -2.48. The average molecular weight is 293 g/mol. The van der Waals surface area contributed by atoms with Crippen molar-refractivity contribution in [2.75, 3.05) is 0 Å². The molecule has 2 bridgehead atoms. The van der Waals surface area contributed by atoms with E-state index in [1.165, 1.54) is 6.20 Å². The largest absolute Gasteiger partial charge is 0.505 e. The van der Waals surface area contributed by atoms with E-state index in [2.05, 4.69) is 5.10 Å². The summed E-state index contributed by atoms with van der Waals surface area (Å²) in [6.45, 7) is 5.68. The lowest BCUT2D eigenvalue weighted by Gasteiger charge is -2.39. The van der Waals surface area contributed by atoms with Crippen LogP contribution in [0.5, 0.6) is 5.75 Å². The van der Waals surface area contributed by atoms with E-state index in [1.54, 1.807) is 6.20 Å². The van der Waals surface area contributed by atoms with Crippen LogP contribution in [0, 0.1) is 0 Å². The summed E-state index contributed by atoms with van der Waals surface area (Å²) in [5, 5.41) is 13.6. The van der Waals surface area contributed by atoms with E-state index < -0.39 is 5.60 Å². The van der Waals surface area contributed by atoms with Gasteiger partial charge in [-0.3, -0.25) is 4.68 Å². The molecule has 2 fully saturated rings. The molecule has 6 nitrogen and oxygen atoms in total. The van der Waals surface area contributed by atoms with Gasteiger partial charge >= 0.3 is 6.09 Å². The average Bonchev–Trinajstić information content (AvgIpc) is 2.89. The third-order valence-electron chi connectivity index (χ3n) is 4.27. The number of aromatic nitrogens is 2. The molecule has 0 aromatic carbocycles. The van der Waals surface area contributed by atoms with E-state index in [-0.39, 0.29) is 30.0 Å². The Balaban J connectivity index is 1.71. The first-order valence-corrected chi connectivity index (χ1v) is 7.58. The maximum absolute atomic E-state index is 12.4. The fourth-order valence-corrected chi connectivity index (χ4v) is 3.50. The molecule has 0 unspecified atom stereocenters. The van der Waals surface area contributed by atoms with Gasteiger partial charge in [0.05, 0.1) is 18.4 Å². The molecule has 1 N–H and O–H groups in total. The molecule has 0 aliphatic carbocycles. The number of carbonyl (C=O) groups excluding carboxylic acids is 1. The quantitative estimate of drug-likeness (QED) is 0.864. The second kappa shape index (κ2) is 4.93. The number of hydrogen-bond donors (Lipinski definition) is 1. The van der Waals surface area contributed by atoms with Crippen molar-refractivity contribution in [2.45, 2.75) is 70.2 Å². The summed E-state index contributed by atoms with van der Waals surface area (Å²) in [6, 6.07) is 0.687. The van der Waals surface area contributed by atoms with Gasteiger partial charge < -0.3 is 14.7 Å². The first-order chi connectivity index (χ1) is 9.83. The summed E-state index contributed by atoms with van der Waals surface area (Å²) in [4.78, 5) is 14.3. The first kappa shape index (κ1) is 14.2. The summed E-state index contributed by atoms with van der Waals surface area (Å²) in [6.07, 6.45) is 6.71. The molecule has 2 saturated heterocycles. The Morgan fingerprint density at radius 3 is 2.38 bits per heavy atom. The molecule has 3 heterocycles. The number of fused-ring (bicyclic) bond motifs is 2. The molecule has 3 rings (SSSR count). The van der Waals surface area contributed by atoms with Gasteiger partial charge in [0.15, 0.2) is 5.75 Å². The molecule has 1 aromatic rings. The van der Waals surface area contributed by atoms with Crippen LogP contribution in [0.3, 0.4) is 0 Å². The maximum atomic E-state index is 12.4. The number of piperidine rings is 1. The fraction of sp³-hybridized carbons (Fsp3) is 0.733. The number of carbonyl (C=O) groups is 1. The standard InChI is InChI=1S/C15H23N3O3/c1-15(2,3)21-14(20)18-10-4-5-11(18)7-12(6-10)17-9-13(19)8-16-17/h8-12,19H,4-7H2,1-3H3/t10-,11+,12-. The van der Waals surface area contributed by atoms with Crippen molar-refractivity contribution in [3.63, 3.8) is 0 Å². The number of nitrogens with zero attached hydrogens (tertiary/aromatic N) is 3. The van der Waals surface area contributed by atoms with E-state index in [0.717, 1.165) is 25.7 Å². The molecule has 1 aromatic heterocycles. The zero-order valence-corrected chi connectivity index (χ0v) is 12.8. The van der Waals surface area contributed by atoms with Gasteiger partial charge in [-0.1, -0.05) is 0 Å². The zero-order chi connectivity index (χ0) is 15.2. The van der Waals surface area contributed by atoms with Crippen molar-refractivity contribution < 1.29 is 14.6 Å². The predicted molar refractivity (Wildman–Crippen MR) is 77.0 cm³/mol. The van der Waals surface area contributed by atoms with Gasteiger partial charge in [0, 0.05) is 12.1 Å². The molecule has 116 valence electrons. The zero-order valence-electron chi connectivity index (χ0n) is 12.8. The number of amides is 1. The fourth-order valence-electron chi connectivity index (χ4n) is 3.50. The van der Waals surface area contributed by atoms with Crippen LogP contribution in [0.2, 0.25) is 0 Å². The highest BCUT2D eigenvalue weighted by atomic mass is 16.6.